The number of halogens is 2. The molecule has 2 nitrogen and oxygen atoms in total. The average Bonchev–Trinajstić information content (AvgIpc) is 2.47. The normalized spacial score (nSPS) is 10.9. The van der Waals surface area contributed by atoms with Crippen molar-refractivity contribution in [1.82, 2.24) is 9.97 Å². The van der Waals surface area contributed by atoms with Crippen molar-refractivity contribution in [2.75, 3.05) is 0 Å². The molecular weight excluding hydrogens is 311 g/mol. The minimum Gasteiger partial charge on any atom is -0.237 e. The third-order valence-corrected chi connectivity index (χ3v) is 4.45. The Morgan fingerprint density at radius 2 is 1.50 bits per heavy atom. The number of nitrogens with zero attached hydrogens (tertiary/aromatic N) is 2. The van der Waals surface area contributed by atoms with Gasteiger partial charge in [0.05, 0.1) is 11.0 Å². The van der Waals surface area contributed by atoms with Gasteiger partial charge in [0.15, 0.2) is 5.15 Å². The van der Waals surface area contributed by atoms with Crippen LogP contribution in [0, 0.1) is 0 Å². The van der Waals surface area contributed by atoms with Gasteiger partial charge in [-0.2, -0.15) is 0 Å². The fraction of sp³-hybridized carbons (Fsp3) is 0.0667. The Balaban J connectivity index is 1.83. The molecule has 0 aliphatic heterocycles. The van der Waals surface area contributed by atoms with Crippen LogP contribution in [0.1, 0.15) is 5.56 Å². The number of rotatable bonds is 3. The second-order valence-corrected chi connectivity index (χ2v) is 5.98. The van der Waals surface area contributed by atoms with Gasteiger partial charge in [0.1, 0.15) is 5.03 Å². The van der Waals surface area contributed by atoms with Crippen LogP contribution in [-0.4, -0.2) is 9.97 Å². The zero-order valence-corrected chi connectivity index (χ0v) is 12.7. The van der Waals surface area contributed by atoms with Crippen LogP contribution in [0.3, 0.4) is 0 Å². The first-order chi connectivity index (χ1) is 9.72. The minimum atomic E-state index is 0.447. The second-order valence-electron chi connectivity index (χ2n) is 4.22. The molecule has 100 valence electrons. The maximum atomic E-state index is 6.18. The van der Waals surface area contributed by atoms with E-state index in [9.17, 15) is 0 Å². The lowest BCUT2D eigenvalue weighted by Gasteiger charge is -2.05. The summed E-state index contributed by atoms with van der Waals surface area (Å²) in [7, 11) is 0. The number of hydrogen-bond donors (Lipinski definition) is 0. The van der Waals surface area contributed by atoms with E-state index in [0.29, 0.717) is 5.15 Å². The van der Waals surface area contributed by atoms with Gasteiger partial charge in [-0.25, -0.2) is 9.97 Å². The van der Waals surface area contributed by atoms with Crippen LogP contribution in [0.15, 0.2) is 53.6 Å². The lowest BCUT2D eigenvalue weighted by atomic mass is 10.2. The molecule has 3 rings (SSSR count). The van der Waals surface area contributed by atoms with Gasteiger partial charge >= 0.3 is 0 Å². The van der Waals surface area contributed by atoms with Gasteiger partial charge in [0.25, 0.3) is 0 Å². The fourth-order valence-electron chi connectivity index (χ4n) is 1.79. The Kier molecular flexibility index (Phi) is 4.10. The summed E-state index contributed by atoms with van der Waals surface area (Å²) in [5, 5.41) is 1.94. The molecule has 5 heteroatoms. The van der Waals surface area contributed by atoms with E-state index in [1.54, 1.807) is 11.8 Å². The molecule has 1 aromatic heterocycles. The van der Waals surface area contributed by atoms with Gasteiger partial charge in [-0.3, -0.25) is 0 Å². The van der Waals surface area contributed by atoms with E-state index in [4.69, 9.17) is 23.2 Å². The molecule has 0 aliphatic rings. The second kappa shape index (κ2) is 6.00. The highest BCUT2D eigenvalue weighted by molar-refractivity contribution is 7.98. The standard InChI is InChI=1S/C15H10Cl2N2S/c16-11-7-5-10(6-8-11)9-20-15-14(17)18-12-3-1-2-4-13(12)19-15/h1-8H,9H2. The number of hydrogen-bond acceptors (Lipinski definition) is 3. The Labute approximate surface area is 131 Å². The molecule has 20 heavy (non-hydrogen) atoms. The predicted molar refractivity (Wildman–Crippen MR) is 85.6 cm³/mol. The van der Waals surface area contributed by atoms with Crippen LogP contribution in [0.25, 0.3) is 11.0 Å². The molecule has 0 radical (unpaired) electrons. The molecule has 0 amide bonds. The molecule has 0 saturated heterocycles. The summed E-state index contributed by atoms with van der Waals surface area (Å²) in [5.74, 6) is 0.782. The molecule has 1 heterocycles. The molecule has 0 atom stereocenters. The number of aromatic nitrogens is 2. The molecule has 0 saturated carbocycles. The highest BCUT2D eigenvalue weighted by atomic mass is 35.5. The zero-order valence-electron chi connectivity index (χ0n) is 10.4. The van der Waals surface area contributed by atoms with Gasteiger partial charge in [-0.05, 0) is 29.8 Å². The van der Waals surface area contributed by atoms with Crippen LogP contribution >= 0.6 is 35.0 Å². The number of para-hydroxylation sites is 2. The fourth-order valence-corrected chi connectivity index (χ4v) is 3.03. The molecule has 0 spiro atoms. The van der Waals surface area contributed by atoms with E-state index in [1.165, 1.54) is 5.56 Å². The SMILES string of the molecule is Clc1ccc(CSc2nc3ccccc3nc2Cl)cc1. The maximum absolute atomic E-state index is 6.18. The lowest BCUT2D eigenvalue weighted by molar-refractivity contribution is 1.12. The lowest BCUT2D eigenvalue weighted by Crippen LogP contribution is -1.90. The van der Waals surface area contributed by atoms with Crippen molar-refractivity contribution in [3.8, 4) is 0 Å². The molecule has 2 aromatic carbocycles. The Bertz CT molecular complexity index is 744. The summed E-state index contributed by atoms with van der Waals surface area (Å²) >= 11 is 13.6. The van der Waals surface area contributed by atoms with Crippen LogP contribution in [0.2, 0.25) is 10.2 Å². The molecule has 0 N–H and O–H groups in total. The van der Waals surface area contributed by atoms with Crippen LogP contribution < -0.4 is 0 Å². The largest absolute Gasteiger partial charge is 0.237 e. The Morgan fingerprint density at radius 1 is 0.850 bits per heavy atom. The molecule has 0 fully saturated rings. The summed E-state index contributed by atoms with van der Waals surface area (Å²) < 4.78 is 0. The molecule has 0 bridgehead atoms. The van der Waals surface area contributed by atoms with Gasteiger partial charge in [0, 0.05) is 10.8 Å². The quantitative estimate of drug-likeness (QED) is 0.618. The van der Waals surface area contributed by atoms with Crippen LogP contribution in [0.4, 0.5) is 0 Å². The minimum absolute atomic E-state index is 0.447. The van der Waals surface area contributed by atoms with Crippen LogP contribution in [0.5, 0.6) is 0 Å². The highest BCUT2D eigenvalue weighted by Gasteiger charge is 2.07. The number of thioether (sulfide) groups is 1. The van der Waals surface area contributed by atoms with E-state index in [2.05, 4.69) is 9.97 Å². The van der Waals surface area contributed by atoms with Crippen molar-refractivity contribution in [2.45, 2.75) is 10.8 Å². The first-order valence-electron chi connectivity index (χ1n) is 6.02. The summed E-state index contributed by atoms with van der Waals surface area (Å²) in [4.78, 5) is 8.91. The summed E-state index contributed by atoms with van der Waals surface area (Å²) in [6.45, 7) is 0. The number of benzene rings is 2. The first kappa shape index (κ1) is 13.7. The Hall–Kier alpha value is -1.29. The first-order valence-corrected chi connectivity index (χ1v) is 7.76. The van der Waals surface area contributed by atoms with Gasteiger partial charge < -0.3 is 0 Å². The van der Waals surface area contributed by atoms with Gasteiger partial charge in [0.2, 0.25) is 0 Å². The Morgan fingerprint density at radius 3 is 2.20 bits per heavy atom. The molecule has 0 unspecified atom stereocenters. The zero-order chi connectivity index (χ0) is 13.9. The average molecular weight is 321 g/mol. The van der Waals surface area contributed by atoms with Crippen LogP contribution in [-0.2, 0) is 5.75 Å². The summed E-state index contributed by atoms with van der Waals surface area (Å²) in [5.41, 5.74) is 2.84. The number of fused-ring (bicyclic) bond motifs is 1. The predicted octanol–water partition coefficient (Wildman–Crippen LogP) is 5.23. The van der Waals surface area contributed by atoms with E-state index in [0.717, 1.165) is 26.8 Å². The third-order valence-electron chi connectivity index (χ3n) is 2.79. The maximum Gasteiger partial charge on any atom is 0.161 e. The van der Waals surface area contributed by atoms with Crippen molar-refractivity contribution in [3.05, 3.63) is 64.3 Å². The van der Waals surface area contributed by atoms with Crippen molar-refractivity contribution < 1.29 is 0 Å². The molecule has 3 aromatic rings. The smallest absolute Gasteiger partial charge is 0.161 e. The topological polar surface area (TPSA) is 25.8 Å². The summed E-state index contributed by atoms with van der Waals surface area (Å²) in [6.07, 6.45) is 0. The monoisotopic (exact) mass is 320 g/mol. The van der Waals surface area contributed by atoms with E-state index in [1.807, 2.05) is 48.5 Å². The van der Waals surface area contributed by atoms with E-state index < -0.39 is 0 Å². The van der Waals surface area contributed by atoms with Crippen molar-refractivity contribution in [2.24, 2.45) is 0 Å². The highest BCUT2D eigenvalue weighted by Crippen LogP contribution is 2.28. The van der Waals surface area contributed by atoms with Gasteiger partial charge in [-0.15, -0.1) is 0 Å². The molecule has 0 aliphatic carbocycles. The van der Waals surface area contributed by atoms with E-state index in [-0.39, 0.29) is 0 Å². The molecular formula is C15H10Cl2N2S. The van der Waals surface area contributed by atoms with Crippen molar-refractivity contribution in [1.29, 1.82) is 0 Å². The van der Waals surface area contributed by atoms with E-state index >= 15 is 0 Å². The third kappa shape index (κ3) is 3.06. The van der Waals surface area contributed by atoms with Crippen molar-refractivity contribution >= 4 is 46.0 Å². The van der Waals surface area contributed by atoms with Gasteiger partial charge in [-0.1, -0.05) is 59.2 Å². The summed E-state index contributed by atoms with van der Waals surface area (Å²) in [6, 6.07) is 15.5. The van der Waals surface area contributed by atoms with Crippen molar-refractivity contribution in [3.63, 3.8) is 0 Å².